The van der Waals surface area contributed by atoms with Gasteiger partial charge in [0.1, 0.15) is 6.04 Å². The van der Waals surface area contributed by atoms with Gasteiger partial charge in [-0.1, -0.05) is 19.8 Å². The van der Waals surface area contributed by atoms with E-state index in [9.17, 15) is 4.79 Å². The fourth-order valence-corrected chi connectivity index (χ4v) is 2.88. The zero-order chi connectivity index (χ0) is 14.8. The maximum atomic E-state index is 11.8. The number of carbonyl (C=O) groups excluding carboxylic acids is 1. The molecule has 1 rings (SSSR count). The van der Waals surface area contributed by atoms with Gasteiger partial charge in [-0.25, -0.2) is 0 Å². The van der Waals surface area contributed by atoms with Crippen LogP contribution in [0.25, 0.3) is 0 Å². The van der Waals surface area contributed by atoms with E-state index in [0.29, 0.717) is 6.61 Å². The molecule has 1 fully saturated rings. The van der Waals surface area contributed by atoms with Crippen LogP contribution in [0.3, 0.4) is 0 Å². The summed E-state index contributed by atoms with van der Waals surface area (Å²) in [5, 5.41) is 3.36. The van der Waals surface area contributed by atoms with E-state index in [-0.39, 0.29) is 12.0 Å². The molecule has 0 saturated carbocycles. The van der Waals surface area contributed by atoms with Gasteiger partial charge in [-0.05, 0) is 59.2 Å². The predicted octanol–water partition coefficient (Wildman–Crippen LogP) is 2.57. The molecule has 2 unspecified atom stereocenters. The number of esters is 1. The van der Waals surface area contributed by atoms with Gasteiger partial charge in [0.25, 0.3) is 0 Å². The molecule has 2 atom stereocenters. The van der Waals surface area contributed by atoms with Crippen LogP contribution in [0.2, 0.25) is 0 Å². The highest BCUT2D eigenvalue weighted by Gasteiger charge is 2.19. The van der Waals surface area contributed by atoms with Crippen molar-refractivity contribution in [3.8, 4) is 0 Å². The second-order valence-electron chi connectivity index (χ2n) is 5.78. The molecule has 4 nitrogen and oxygen atoms in total. The van der Waals surface area contributed by atoms with Crippen LogP contribution in [0.15, 0.2) is 0 Å². The second kappa shape index (κ2) is 10.2. The Morgan fingerprint density at radius 2 is 2.20 bits per heavy atom. The summed E-state index contributed by atoms with van der Waals surface area (Å²) < 4.78 is 5.11. The summed E-state index contributed by atoms with van der Waals surface area (Å²) in [4.78, 5) is 14.4. The van der Waals surface area contributed by atoms with Gasteiger partial charge in [0.05, 0.1) is 6.61 Å². The number of carbonyl (C=O) groups is 1. The summed E-state index contributed by atoms with van der Waals surface area (Å²) in [7, 11) is 0. The van der Waals surface area contributed by atoms with Crippen LogP contribution in [-0.2, 0) is 9.53 Å². The van der Waals surface area contributed by atoms with Crippen LogP contribution in [-0.4, -0.2) is 49.2 Å². The van der Waals surface area contributed by atoms with Crippen molar-refractivity contribution in [3.05, 3.63) is 0 Å². The molecule has 0 spiro atoms. The van der Waals surface area contributed by atoms with E-state index in [1.807, 2.05) is 6.92 Å². The molecule has 1 aliphatic rings. The fourth-order valence-electron chi connectivity index (χ4n) is 2.88. The highest BCUT2D eigenvalue weighted by molar-refractivity contribution is 5.75. The fraction of sp³-hybridized carbons (Fsp3) is 0.938. The van der Waals surface area contributed by atoms with Crippen LogP contribution >= 0.6 is 0 Å². The third-order valence-electron chi connectivity index (χ3n) is 4.10. The summed E-state index contributed by atoms with van der Waals surface area (Å²) >= 11 is 0. The van der Waals surface area contributed by atoms with Gasteiger partial charge in [0.15, 0.2) is 0 Å². The lowest BCUT2D eigenvalue weighted by atomic mass is 10.0. The summed E-state index contributed by atoms with van der Waals surface area (Å²) in [6.07, 6.45) is 6.99. The van der Waals surface area contributed by atoms with E-state index in [4.69, 9.17) is 4.74 Å². The molecule has 20 heavy (non-hydrogen) atoms. The number of rotatable bonds is 9. The second-order valence-corrected chi connectivity index (χ2v) is 5.78. The Labute approximate surface area is 124 Å². The minimum Gasteiger partial charge on any atom is -0.465 e. The maximum Gasteiger partial charge on any atom is 0.323 e. The van der Waals surface area contributed by atoms with Crippen molar-refractivity contribution >= 4 is 5.97 Å². The van der Waals surface area contributed by atoms with Crippen molar-refractivity contribution in [1.82, 2.24) is 10.2 Å². The van der Waals surface area contributed by atoms with Crippen molar-refractivity contribution in [2.24, 2.45) is 0 Å². The lowest BCUT2D eigenvalue weighted by molar-refractivity contribution is -0.145. The minimum absolute atomic E-state index is 0.0966. The monoisotopic (exact) mass is 284 g/mol. The molecule has 4 heteroatoms. The number of likely N-dealkylation sites (tertiary alicyclic amines) is 1. The molecule has 1 heterocycles. The van der Waals surface area contributed by atoms with E-state index in [0.717, 1.165) is 38.4 Å². The predicted molar refractivity (Wildman–Crippen MR) is 82.8 cm³/mol. The summed E-state index contributed by atoms with van der Waals surface area (Å²) in [6.45, 7) is 10.0. The first-order valence-electron chi connectivity index (χ1n) is 8.33. The van der Waals surface area contributed by atoms with Crippen LogP contribution in [0, 0.1) is 0 Å². The highest BCUT2D eigenvalue weighted by atomic mass is 16.5. The zero-order valence-electron chi connectivity index (χ0n) is 13.5. The number of nitrogens with zero attached hydrogens (tertiary/aromatic N) is 1. The average molecular weight is 284 g/mol. The van der Waals surface area contributed by atoms with Gasteiger partial charge < -0.3 is 15.0 Å². The largest absolute Gasteiger partial charge is 0.465 e. The van der Waals surface area contributed by atoms with Crippen molar-refractivity contribution in [2.45, 2.75) is 71.4 Å². The third-order valence-corrected chi connectivity index (χ3v) is 4.10. The number of ether oxygens (including phenoxy) is 1. The normalized spacial score (nSPS) is 21.6. The summed E-state index contributed by atoms with van der Waals surface area (Å²) in [5.74, 6) is -0.0966. The SMILES string of the molecule is CCCC(NCCCN1CCCCC1C)C(=O)OCC. The average Bonchev–Trinajstić information content (AvgIpc) is 2.44. The first-order chi connectivity index (χ1) is 9.69. The van der Waals surface area contributed by atoms with Gasteiger partial charge in [0.2, 0.25) is 0 Å². The van der Waals surface area contributed by atoms with Crippen LogP contribution in [0.5, 0.6) is 0 Å². The molecule has 0 bridgehead atoms. The Morgan fingerprint density at radius 3 is 2.85 bits per heavy atom. The van der Waals surface area contributed by atoms with Gasteiger partial charge >= 0.3 is 5.97 Å². The molecule has 0 radical (unpaired) electrons. The van der Waals surface area contributed by atoms with E-state index in [1.54, 1.807) is 0 Å². The molecular formula is C16H32N2O2. The van der Waals surface area contributed by atoms with Gasteiger partial charge in [-0.3, -0.25) is 4.79 Å². The number of hydrogen-bond acceptors (Lipinski definition) is 4. The van der Waals surface area contributed by atoms with E-state index >= 15 is 0 Å². The number of nitrogens with one attached hydrogen (secondary N) is 1. The molecule has 0 aliphatic carbocycles. The molecule has 1 N–H and O–H groups in total. The van der Waals surface area contributed by atoms with Crippen molar-refractivity contribution in [3.63, 3.8) is 0 Å². The lowest BCUT2D eigenvalue weighted by Crippen LogP contribution is -2.41. The molecule has 1 saturated heterocycles. The van der Waals surface area contributed by atoms with Crippen molar-refractivity contribution in [2.75, 3.05) is 26.2 Å². The van der Waals surface area contributed by atoms with Gasteiger partial charge in [-0.2, -0.15) is 0 Å². The van der Waals surface area contributed by atoms with Crippen LogP contribution < -0.4 is 5.32 Å². The zero-order valence-corrected chi connectivity index (χ0v) is 13.5. The standard InChI is InChI=1S/C16H32N2O2/c1-4-9-15(16(19)20-5-2)17-11-8-13-18-12-7-6-10-14(18)3/h14-15,17H,4-13H2,1-3H3. The minimum atomic E-state index is -0.126. The smallest absolute Gasteiger partial charge is 0.323 e. The van der Waals surface area contributed by atoms with Crippen LogP contribution in [0.1, 0.15) is 59.3 Å². The Bertz CT molecular complexity index is 271. The topological polar surface area (TPSA) is 41.6 Å². The Morgan fingerprint density at radius 1 is 1.40 bits per heavy atom. The van der Waals surface area contributed by atoms with E-state index < -0.39 is 0 Å². The summed E-state index contributed by atoms with van der Waals surface area (Å²) in [5.41, 5.74) is 0. The summed E-state index contributed by atoms with van der Waals surface area (Å²) in [6, 6.07) is 0.596. The molecule has 1 aliphatic heterocycles. The van der Waals surface area contributed by atoms with Gasteiger partial charge in [0, 0.05) is 6.04 Å². The first-order valence-corrected chi connectivity index (χ1v) is 8.33. The number of piperidine rings is 1. The van der Waals surface area contributed by atoms with Crippen molar-refractivity contribution < 1.29 is 9.53 Å². The van der Waals surface area contributed by atoms with Gasteiger partial charge in [-0.15, -0.1) is 0 Å². The first kappa shape index (κ1) is 17.4. The van der Waals surface area contributed by atoms with E-state index in [2.05, 4.69) is 24.1 Å². The molecule has 0 aromatic heterocycles. The number of hydrogen-bond donors (Lipinski definition) is 1. The lowest BCUT2D eigenvalue weighted by Gasteiger charge is -2.33. The molecular weight excluding hydrogens is 252 g/mol. The van der Waals surface area contributed by atoms with Crippen LogP contribution in [0.4, 0.5) is 0 Å². The highest BCUT2D eigenvalue weighted by Crippen LogP contribution is 2.16. The molecule has 118 valence electrons. The third kappa shape index (κ3) is 6.23. The molecule has 0 amide bonds. The maximum absolute atomic E-state index is 11.8. The molecule has 0 aromatic rings. The Kier molecular flexibility index (Phi) is 8.86. The van der Waals surface area contributed by atoms with E-state index in [1.165, 1.54) is 25.8 Å². The Balaban J connectivity index is 2.20. The quantitative estimate of drug-likeness (QED) is 0.522. The molecule has 0 aromatic carbocycles. The van der Waals surface area contributed by atoms with Crippen molar-refractivity contribution in [1.29, 1.82) is 0 Å². The Hall–Kier alpha value is -0.610.